The van der Waals surface area contributed by atoms with Crippen molar-refractivity contribution < 1.29 is 22.3 Å². The van der Waals surface area contributed by atoms with Gasteiger partial charge in [0, 0.05) is 11.5 Å². The van der Waals surface area contributed by atoms with E-state index in [2.05, 4.69) is 0 Å². The minimum atomic E-state index is -4.35. The molecule has 0 N–H and O–H groups in total. The Labute approximate surface area is 118 Å². The van der Waals surface area contributed by atoms with Gasteiger partial charge in [-0.2, -0.15) is 13.2 Å². The van der Waals surface area contributed by atoms with Gasteiger partial charge in [-0.05, 0) is 48.9 Å². The standard InChI is InChI=1S/C16H11F3O2/c1-10-8-12(16(17,18)19)3-5-14(10)21-13-4-2-11-6-7-20-15(11)9-13/h2-9H,1H3. The Bertz CT molecular complexity index is 788. The van der Waals surface area contributed by atoms with E-state index in [9.17, 15) is 13.2 Å². The van der Waals surface area contributed by atoms with Crippen molar-refractivity contribution in [2.24, 2.45) is 0 Å². The highest BCUT2D eigenvalue weighted by atomic mass is 19.4. The molecule has 0 fully saturated rings. The van der Waals surface area contributed by atoms with E-state index in [0.717, 1.165) is 17.5 Å². The normalized spacial score (nSPS) is 11.8. The van der Waals surface area contributed by atoms with Crippen LogP contribution in [-0.4, -0.2) is 0 Å². The van der Waals surface area contributed by atoms with E-state index >= 15 is 0 Å². The maximum atomic E-state index is 12.6. The zero-order valence-electron chi connectivity index (χ0n) is 11.1. The smallest absolute Gasteiger partial charge is 0.416 e. The van der Waals surface area contributed by atoms with Crippen molar-refractivity contribution in [2.75, 3.05) is 0 Å². The van der Waals surface area contributed by atoms with Crippen LogP contribution in [0.2, 0.25) is 0 Å². The Morgan fingerprint density at radius 2 is 1.81 bits per heavy atom. The number of furan rings is 1. The highest BCUT2D eigenvalue weighted by molar-refractivity contribution is 5.78. The lowest BCUT2D eigenvalue weighted by Gasteiger charge is -2.12. The van der Waals surface area contributed by atoms with E-state index in [0.29, 0.717) is 22.6 Å². The maximum absolute atomic E-state index is 12.6. The molecule has 0 radical (unpaired) electrons. The molecule has 108 valence electrons. The summed E-state index contributed by atoms with van der Waals surface area (Å²) in [6.07, 6.45) is -2.78. The van der Waals surface area contributed by atoms with Gasteiger partial charge in [-0.1, -0.05) is 0 Å². The van der Waals surface area contributed by atoms with Crippen LogP contribution in [0.15, 0.2) is 53.1 Å². The topological polar surface area (TPSA) is 22.4 Å². The lowest BCUT2D eigenvalue weighted by atomic mass is 10.1. The number of halogens is 3. The summed E-state index contributed by atoms with van der Waals surface area (Å²) in [5, 5.41) is 0.937. The van der Waals surface area contributed by atoms with Gasteiger partial charge in [0.05, 0.1) is 11.8 Å². The Hall–Kier alpha value is -2.43. The fourth-order valence-electron chi connectivity index (χ4n) is 2.07. The molecular formula is C16H11F3O2. The van der Waals surface area contributed by atoms with Gasteiger partial charge in [0.1, 0.15) is 17.1 Å². The molecular weight excluding hydrogens is 281 g/mol. The van der Waals surface area contributed by atoms with E-state index in [1.165, 1.54) is 6.07 Å². The van der Waals surface area contributed by atoms with Crippen molar-refractivity contribution in [1.29, 1.82) is 0 Å². The second-order valence-electron chi connectivity index (χ2n) is 4.70. The van der Waals surface area contributed by atoms with E-state index in [4.69, 9.17) is 9.15 Å². The molecule has 0 bridgehead atoms. The molecule has 21 heavy (non-hydrogen) atoms. The van der Waals surface area contributed by atoms with Crippen LogP contribution in [0.25, 0.3) is 11.0 Å². The van der Waals surface area contributed by atoms with E-state index in [1.807, 2.05) is 12.1 Å². The van der Waals surface area contributed by atoms with Gasteiger partial charge in [0.15, 0.2) is 0 Å². The molecule has 0 saturated heterocycles. The second kappa shape index (κ2) is 4.84. The largest absolute Gasteiger partial charge is 0.464 e. The summed E-state index contributed by atoms with van der Waals surface area (Å²) < 4.78 is 48.7. The zero-order chi connectivity index (χ0) is 15.0. The molecule has 5 heteroatoms. The molecule has 3 rings (SSSR count). The molecule has 0 amide bonds. The second-order valence-corrected chi connectivity index (χ2v) is 4.70. The molecule has 0 unspecified atom stereocenters. The number of hydrogen-bond acceptors (Lipinski definition) is 2. The van der Waals surface area contributed by atoms with Crippen LogP contribution in [0.1, 0.15) is 11.1 Å². The highest BCUT2D eigenvalue weighted by Gasteiger charge is 2.30. The fraction of sp³-hybridized carbons (Fsp3) is 0.125. The van der Waals surface area contributed by atoms with Crippen molar-refractivity contribution in [3.63, 3.8) is 0 Å². The van der Waals surface area contributed by atoms with Gasteiger partial charge in [-0.15, -0.1) is 0 Å². The van der Waals surface area contributed by atoms with Gasteiger partial charge in [-0.3, -0.25) is 0 Å². The first-order valence-electron chi connectivity index (χ1n) is 6.26. The lowest BCUT2D eigenvalue weighted by molar-refractivity contribution is -0.137. The molecule has 0 saturated carbocycles. The van der Waals surface area contributed by atoms with Crippen LogP contribution < -0.4 is 4.74 Å². The van der Waals surface area contributed by atoms with Gasteiger partial charge < -0.3 is 9.15 Å². The summed E-state index contributed by atoms with van der Waals surface area (Å²) in [7, 11) is 0. The third-order valence-electron chi connectivity index (χ3n) is 3.16. The monoisotopic (exact) mass is 292 g/mol. The summed E-state index contributed by atoms with van der Waals surface area (Å²) in [5.74, 6) is 0.897. The van der Waals surface area contributed by atoms with E-state index in [1.54, 1.807) is 25.3 Å². The van der Waals surface area contributed by atoms with Crippen molar-refractivity contribution in [3.8, 4) is 11.5 Å². The third-order valence-corrected chi connectivity index (χ3v) is 3.16. The number of aryl methyl sites for hydroxylation is 1. The first kappa shape index (κ1) is 13.5. The Morgan fingerprint density at radius 3 is 2.52 bits per heavy atom. The Morgan fingerprint density at radius 1 is 1.00 bits per heavy atom. The van der Waals surface area contributed by atoms with E-state index < -0.39 is 11.7 Å². The van der Waals surface area contributed by atoms with Crippen LogP contribution in [0.5, 0.6) is 11.5 Å². The molecule has 0 aliphatic carbocycles. The van der Waals surface area contributed by atoms with Crippen molar-refractivity contribution in [1.82, 2.24) is 0 Å². The van der Waals surface area contributed by atoms with Crippen molar-refractivity contribution >= 4 is 11.0 Å². The molecule has 2 aromatic carbocycles. The molecule has 2 nitrogen and oxygen atoms in total. The molecule has 0 spiro atoms. The number of alkyl halides is 3. The predicted molar refractivity (Wildman–Crippen MR) is 72.5 cm³/mol. The van der Waals surface area contributed by atoms with Gasteiger partial charge in [0.25, 0.3) is 0 Å². The number of rotatable bonds is 2. The average Bonchev–Trinajstić information content (AvgIpc) is 2.87. The number of hydrogen-bond donors (Lipinski definition) is 0. The first-order valence-corrected chi connectivity index (χ1v) is 6.26. The summed E-state index contributed by atoms with van der Waals surface area (Å²) in [5.41, 5.74) is 0.398. The predicted octanol–water partition coefficient (Wildman–Crippen LogP) is 5.55. The lowest BCUT2D eigenvalue weighted by Crippen LogP contribution is -2.05. The summed E-state index contributed by atoms with van der Waals surface area (Å²) in [6, 6.07) is 10.5. The molecule has 0 atom stereocenters. The molecule has 1 aromatic heterocycles. The number of ether oxygens (including phenoxy) is 1. The quantitative estimate of drug-likeness (QED) is 0.617. The van der Waals surface area contributed by atoms with Crippen molar-refractivity contribution in [3.05, 3.63) is 59.9 Å². The minimum absolute atomic E-state index is 0.383. The minimum Gasteiger partial charge on any atom is -0.464 e. The zero-order valence-corrected chi connectivity index (χ0v) is 11.1. The highest BCUT2D eigenvalue weighted by Crippen LogP contribution is 2.34. The molecule has 0 aliphatic heterocycles. The Balaban J connectivity index is 1.90. The van der Waals surface area contributed by atoms with Crippen LogP contribution in [0, 0.1) is 6.92 Å². The third kappa shape index (κ3) is 2.72. The first-order chi connectivity index (χ1) is 9.93. The van der Waals surface area contributed by atoms with Gasteiger partial charge in [0.2, 0.25) is 0 Å². The summed E-state index contributed by atoms with van der Waals surface area (Å²) in [4.78, 5) is 0. The van der Waals surface area contributed by atoms with Crippen LogP contribution in [0.3, 0.4) is 0 Å². The molecule has 3 aromatic rings. The summed E-state index contributed by atoms with van der Waals surface area (Å²) in [6.45, 7) is 1.58. The van der Waals surface area contributed by atoms with E-state index in [-0.39, 0.29) is 0 Å². The Kier molecular flexibility index (Phi) is 3.12. The SMILES string of the molecule is Cc1cc(C(F)(F)F)ccc1Oc1ccc2ccoc2c1. The van der Waals surface area contributed by atoms with Crippen molar-refractivity contribution in [2.45, 2.75) is 13.1 Å². The molecule has 1 heterocycles. The maximum Gasteiger partial charge on any atom is 0.416 e. The van der Waals surface area contributed by atoms with Crippen LogP contribution >= 0.6 is 0 Å². The van der Waals surface area contributed by atoms with Crippen LogP contribution in [-0.2, 0) is 6.18 Å². The van der Waals surface area contributed by atoms with Gasteiger partial charge in [-0.25, -0.2) is 0 Å². The molecule has 0 aliphatic rings. The average molecular weight is 292 g/mol. The number of benzene rings is 2. The van der Waals surface area contributed by atoms with Crippen LogP contribution in [0.4, 0.5) is 13.2 Å². The fourth-order valence-corrected chi connectivity index (χ4v) is 2.07. The summed E-state index contributed by atoms with van der Waals surface area (Å²) >= 11 is 0. The number of fused-ring (bicyclic) bond motifs is 1. The van der Waals surface area contributed by atoms with Gasteiger partial charge >= 0.3 is 6.18 Å².